The lowest BCUT2D eigenvalue weighted by Crippen LogP contribution is -2.00. The Hall–Kier alpha value is -1.90. The highest BCUT2D eigenvalue weighted by atomic mass is 28.1. The molecule has 0 spiro atoms. The summed E-state index contributed by atoms with van der Waals surface area (Å²) in [5.74, 6) is -4.31. The van der Waals surface area contributed by atoms with Crippen molar-refractivity contribution in [1.82, 2.24) is 0 Å². The van der Waals surface area contributed by atoms with Crippen LogP contribution in [0.1, 0.15) is 25.7 Å². The molecular formula is C8H16O8Si. The summed E-state index contributed by atoms with van der Waals surface area (Å²) in [5, 5.41) is 31.6. The second-order valence-electron chi connectivity index (χ2n) is 2.57. The van der Waals surface area contributed by atoms with Crippen molar-refractivity contribution in [2.75, 3.05) is 0 Å². The fourth-order valence-electron chi connectivity index (χ4n) is 0.428. The molecule has 0 fully saturated rings. The molecule has 8 nitrogen and oxygen atoms in total. The maximum absolute atomic E-state index is 9.64. The first-order chi connectivity index (χ1) is 7.25. The maximum atomic E-state index is 9.64. The Bertz CT molecular complexity index is 219. The van der Waals surface area contributed by atoms with Crippen LogP contribution in [0.2, 0.25) is 0 Å². The van der Waals surface area contributed by atoms with Crippen molar-refractivity contribution in [2.24, 2.45) is 0 Å². The van der Waals surface area contributed by atoms with E-state index in [9.17, 15) is 19.2 Å². The Labute approximate surface area is 101 Å². The highest BCUT2D eigenvalue weighted by Crippen LogP contribution is 1.86. The molecule has 0 heterocycles. The average molecular weight is 268 g/mol. The molecule has 9 heteroatoms. The first kappa shape index (κ1) is 20.5. The van der Waals surface area contributed by atoms with Crippen molar-refractivity contribution in [1.29, 1.82) is 0 Å². The molecule has 0 rings (SSSR count). The van der Waals surface area contributed by atoms with Gasteiger partial charge in [0.15, 0.2) is 0 Å². The van der Waals surface area contributed by atoms with Crippen LogP contribution >= 0.6 is 0 Å². The van der Waals surface area contributed by atoms with Crippen LogP contribution in [-0.4, -0.2) is 55.3 Å². The molecule has 0 saturated heterocycles. The number of carboxylic acids is 4. The van der Waals surface area contributed by atoms with E-state index >= 15 is 0 Å². The van der Waals surface area contributed by atoms with Gasteiger partial charge in [0.25, 0.3) is 0 Å². The van der Waals surface area contributed by atoms with Crippen molar-refractivity contribution in [3.63, 3.8) is 0 Å². The lowest BCUT2D eigenvalue weighted by Gasteiger charge is -1.85. The van der Waals surface area contributed by atoms with Gasteiger partial charge >= 0.3 is 23.9 Å². The summed E-state index contributed by atoms with van der Waals surface area (Å²) in [4.78, 5) is 38.6. The molecule has 100 valence electrons. The molecule has 0 aromatic carbocycles. The number of aliphatic carboxylic acids is 4. The number of hydrogen-bond donors (Lipinski definition) is 4. The zero-order valence-electron chi connectivity index (χ0n) is 8.25. The zero-order valence-corrected chi connectivity index (χ0v) is 8.25. The van der Waals surface area contributed by atoms with Gasteiger partial charge in [-0.1, -0.05) is 0 Å². The summed E-state index contributed by atoms with van der Waals surface area (Å²) in [7, 11) is 0. The summed E-state index contributed by atoms with van der Waals surface area (Å²) in [5.41, 5.74) is 0. The molecule has 0 aromatic heterocycles. The second kappa shape index (κ2) is 12.2. The minimum absolute atomic E-state index is 0. The molecule has 0 aliphatic rings. The molecule has 0 aliphatic carbocycles. The third-order valence-corrected chi connectivity index (χ3v) is 1.11. The minimum atomic E-state index is -1.08. The van der Waals surface area contributed by atoms with Crippen molar-refractivity contribution < 1.29 is 39.6 Å². The van der Waals surface area contributed by atoms with E-state index in [1.807, 2.05) is 0 Å². The molecule has 4 N–H and O–H groups in total. The summed E-state index contributed by atoms with van der Waals surface area (Å²) >= 11 is 0. The van der Waals surface area contributed by atoms with Crippen LogP contribution < -0.4 is 0 Å². The average Bonchev–Trinajstić information content (AvgIpc) is 2.12. The van der Waals surface area contributed by atoms with Gasteiger partial charge in [0.1, 0.15) is 0 Å². The van der Waals surface area contributed by atoms with Crippen LogP contribution in [0.3, 0.4) is 0 Å². The summed E-state index contributed by atoms with van der Waals surface area (Å²) in [6.07, 6.45) is -1.19. The van der Waals surface area contributed by atoms with Gasteiger partial charge < -0.3 is 20.4 Å². The Kier molecular flexibility index (Phi) is 14.7. The van der Waals surface area contributed by atoms with E-state index in [4.69, 9.17) is 20.4 Å². The first-order valence-corrected chi connectivity index (χ1v) is 4.13. The topological polar surface area (TPSA) is 149 Å². The van der Waals surface area contributed by atoms with E-state index in [-0.39, 0.29) is 36.6 Å². The van der Waals surface area contributed by atoms with Crippen LogP contribution in [0.5, 0.6) is 0 Å². The van der Waals surface area contributed by atoms with E-state index in [0.717, 1.165) is 0 Å². The Morgan fingerprint density at radius 3 is 0.706 bits per heavy atom. The number of carbonyl (C=O) groups is 4. The van der Waals surface area contributed by atoms with Gasteiger partial charge in [-0.25, -0.2) is 0 Å². The van der Waals surface area contributed by atoms with Crippen molar-refractivity contribution in [3.8, 4) is 0 Å². The predicted octanol–water partition coefficient (Wildman–Crippen LogP) is -1.58. The van der Waals surface area contributed by atoms with Crippen LogP contribution in [-0.2, 0) is 19.2 Å². The summed E-state index contributed by atoms with van der Waals surface area (Å²) < 4.78 is 0. The molecular weight excluding hydrogens is 252 g/mol. The zero-order chi connectivity index (χ0) is 13.1. The van der Waals surface area contributed by atoms with Crippen LogP contribution in [0.15, 0.2) is 0 Å². The van der Waals surface area contributed by atoms with Crippen LogP contribution in [0.25, 0.3) is 0 Å². The molecule has 0 amide bonds. The number of carboxylic acid groups (broad SMARTS) is 4. The van der Waals surface area contributed by atoms with Crippen molar-refractivity contribution in [3.05, 3.63) is 0 Å². The molecule has 0 unspecified atom stereocenters. The molecule has 0 aromatic rings. The molecule has 0 saturated carbocycles. The standard InChI is InChI=1S/2C4H6O4.H4Si/c2*5-3(6)1-2-4(7)8;/h2*1-2H2,(H,5,6)(H,7,8);1H4. The first-order valence-electron chi connectivity index (χ1n) is 4.13. The Balaban J connectivity index is -0.000000218. The molecule has 0 bridgehead atoms. The fraction of sp³-hybridized carbons (Fsp3) is 0.500. The predicted molar refractivity (Wildman–Crippen MR) is 60.3 cm³/mol. The highest BCUT2D eigenvalue weighted by Gasteiger charge is 2.00. The number of hydrogen-bond acceptors (Lipinski definition) is 4. The molecule has 17 heavy (non-hydrogen) atoms. The molecule has 0 radical (unpaired) electrons. The van der Waals surface area contributed by atoms with Gasteiger partial charge in [-0.3, -0.25) is 19.2 Å². The maximum Gasteiger partial charge on any atom is 0.303 e. The van der Waals surface area contributed by atoms with Crippen molar-refractivity contribution >= 4 is 34.8 Å². The lowest BCUT2D eigenvalue weighted by atomic mass is 10.3. The van der Waals surface area contributed by atoms with Gasteiger partial charge in [-0.2, -0.15) is 0 Å². The van der Waals surface area contributed by atoms with E-state index in [1.54, 1.807) is 0 Å². The van der Waals surface area contributed by atoms with E-state index in [1.165, 1.54) is 0 Å². The summed E-state index contributed by atoms with van der Waals surface area (Å²) in [6, 6.07) is 0. The number of rotatable bonds is 6. The van der Waals surface area contributed by atoms with Gasteiger partial charge in [0.05, 0.1) is 25.7 Å². The van der Waals surface area contributed by atoms with E-state index < -0.39 is 23.9 Å². The molecule has 0 aliphatic heterocycles. The van der Waals surface area contributed by atoms with Crippen molar-refractivity contribution in [2.45, 2.75) is 25.7 Å². The van der Waals surface area contributed by atoms with E-state index in [2.05, 4.69) is 0 Å². The second-order valence-corrected chi connectivity index (χ2v) is 2.57. The summed E-state index contributed by atoms with van der Waals surface area (Å²) in [6.45, 7) is 0. The van der Waals surface area contributed by atoms with Crippen LogP contribution in [0, 0.1) is 0 Å². The smallest absolute Gasteiger partial charge is 0.303 e. The highest BCUT2D eigenvalue weighted by molar-refractivity contribution is 5.76. The van der Waals surface area contributed by atoms with Gasteiger partial charge in [0, 0.05) is 0 Å². The Morgan fingerprint density at radius 2 is 0.647 bits per heavy atom. The largest absolute Gasteiger partial charge is 0.481 e. The van der Waals surface area contributed by atoms with E-state index in [0.29, 0.717) is 0 Å². The normalized spacial score (nSPS) is 8.00. The minimum Gasteiger partial charge on any atom is -0.481 e. The van der Waals surface area contributed by atoms with Gasteiger partial charge in [-0.05, 0) is 11.0 Å². The SMILES string of the molecule is O=C(O)CCC(=O)O.O=C(O)CCC(=O)O.[SiH4]. The lowest BCUT2D eigenvalue weighted by molar-refractivity contribution is -0.143. The molecule has 0 atom stereocenters. The fourth-order valence-corrected chi connectivity index (χ4v) is 0.428. The third-order valence-electron chi connectivity index (χ3n) is 1.11. The quantitative estimate of drug-likeness (QED) is 0.421. The third kappa shape index (κ3) is 31.5. The Morgan fingerprint density at radius 1 is 0.529 bits per heavy atom. The van der Waals surface area contributed by atoms with Gasteiger partial charge in [0.2, 0.25) is 0 Å². The monoisotopic (exact) mass is 268 g/mol. The van der Waals surface area contributed by atoms with Gasteiger partial charge in [-0.15, -0.1) is 0 Å². The van der Waals surface area contributed by atoms with Crippen LogP contribution in [0.4, 0.5) is 0 Å².